The lowest BCUT2D eigenvalue weighted by Crippen LogP contribution is -2.18. The Morgan fingerprint density at radius 1 is 1.09 bits per heavy atom. The standard InChI is InChI=1S/C18H14O5/c1-2-21-17(19)16-13(12-7-4-3-5-8-12)11-15(23-18(16)20)14-9-6-10-22-14/h3-11H,2H2,1H3. The third-order valence-corrected chi connectivity index (χ3v) is 3.28. The zero-order chi connectivity index (χ0) is 16.2. The first-order valence-corrected chi connectivity index (χ1v) is 7.15. The molecule has 0 spiro atoms. The maximum absolute atomic E-state index is 12.3. The van der Waals surface area contributed by atoms with Crippen molar-refractivity contribution in [2.75, 3.05) is 6.61 Å². The molecule has 0 aliphatic rings. The predicted molar refractivity (Wildman–Crippen MR) is 84.1 cm³/mol. The van der Waals surface area contributed by atoms with Crippen molar-refractivity contribution in [3.63, 3.8) is 0 Å². The summed E-state index contributed by atoms with van der Waals surface area (Å²) >= 11 is 0. The van der Waals surface area contributed by atoms with Crippen LogP contribution < -0.4 is 5.63 Å². The largest absolute Gasteiger partial charge is 0.462 e. The molecule has 0 saturated heterocycles. The minimum atomic E-state index is -0.754. The second kappa shape index (κ2) is 6.36. The molecule has 2 heterocycles. The highest BCUT2D eigenvalue weighted by molar-refractivity contribution is 5.97. The van der Waals surface area contributed by atoms with Crippen molar-refractivity contribution < 1.29 is 18.4 Å². The van der Waals surface area contributed by atoms with E-state index in [1.165, 1.54) is 6.26 Å². The van der Waals surface area contributed by atoms with Crippen LogP contribution in [0, 0.1) is 0 Å². The zero-order valence-corrected chi connectivity index (χ0v) is 12.4. The highest BCUT2D eigenvalue weighted by atomic mass is 16.5. The van der Waals surface area contributed by atoms with Crippen molar-refractivity contribution in [1.29, 1.82) is 0 Å². The van der Waals surface area contributed by atoms with E-state index in [1.807, 2.05) is 30.3 Å². The Morgan fingerprint density at radius 2 is 1.87 bits per heavy atom. The van der Waals surface area contributed by atoms with Gasteiger partial charge in [0.25, 0.3) is 0 Å². The topological polar surface area (TPSA) is 69.7 Å². The van der Waals surface area contributed by atoms with Gasteiger partial charge in [0.1, 0.15) is 0 Å². The van der Waals surface area contributed by atoms with Crippen LogP contribution in [0.4, 0.5) is 0 Å². The lowest BCUT2D eigenvalue weighted by molar-refractivity contribution is 0.0522. The van der Waals surface area contributed by atoms with E-state index in [0.29, 0.717) is 11.3 Å². The first kappa shape index (κ1) is 14.8. The second-order valence-corrected chi connectivity index (χ2v) is 4.75. The molecule has 0 amide bonds. The summed E-state index contributed by atoms with van der Waals surface area (Å²) < 4.78 is 15.5. The van der Waals surface area contributed by atoms with Gasteiger partial charge in [-0.1, -0.05) is 30.3 Å². The van der Waals surface area contributed by atoms with Gasteiger partial charge in [-0.25, -0.2) is 9.59 Å². The normalized spacial score (nSPS) is 10.5. The van der Waals surface area contributed by atoms with E-state index in [9.17, 15) is 9.59 Å². The molecule has 3 aromatic rings. The van der Waals surface area contributed by atoms with E-state index in [2.05, 4.69) is 0 Å². The molecule has 0 bridgehead atoms. The Balaban J connectivity index is 2.24. The van der Waals surface area contributed by atoms with Crippen LogP contribution in [0.15, 0.2) is 68.4 Å². The number of rotatable bonds is 4. The summed E-state index contributed by atoms with van der Waals surface area (Å²) in [4.78, 5) is 24.5. The van der Waals surface area contributed by atoms with Crippen molar-refractivity contribution in [3.8, 4) is 22.6 Å². The van der Waals surface area contributed by atoms with Gasteiger partial charge in [0.15, 0.2) is 17.1 Å². The fourth-order valence-electron chi connectivity index (χ4n) is 2.28. The molecule has 2 aromatic heterocycles. The summed E-state index contributed by atoms with van der Waals surface area (Å²) in [7, 11) is 0. The van der Waals surface area contributed by atoms with Gasteiger partial charge < -0.3 is 13.6 Å². The molecule has 23 heavy (non-hydrogen) atoms. The molecule has 5 nitrogen and oxygen atoms in total. The van der Waals surface area contributed by atoms with Crippen LogP contribution in [0.2, 0.25) is 0 Å². The van der Waals surface area contributed by atoms with E-state index in [1.54, 1.807) is 25.1 Å². The number of furan rings is 1. The maximum atomic E-state index is 12.3. The molecule has 3 rings (SSSR count). The Hall–Kier alpha value is -3.08. The summed E-state index contributed by atoms with van der Waals surface area (Å²) in [6.07, 6.45) is 1.48. The number of carbonyl (C=O) groups excluding carboxylic acids is 1. The van der Waals surface area contributed by atoms with Crippen LogP contribution in [0.1, 0.15) is 17.3 Å². The predicted octanol–water partition coefficient (Wildman–Crippen LogP) is 3.74. The van der Waals surface area contributed by atoms with Gasteiger partial charge >= 0.3 is 11.6 Å². The van der Waals surface area contributed by atoms with Crippen LogP contribution in [0.5, 0.6) is 0 Å². The van der Waals surface area contributed by atoms with Crippen LogP contribution >= 0.6 is 0 Å². The summed E-state index contributed by atoms with van der Waals surface area (Å²) in [5.41, 5.74) is 0.299. The first-order chi connectivity index (χ1) is 11.2. The highest BCUT2D eigenvalue weighted by Gasteiger charge is 2.22. The van der Waals surface area contributed by atoms with Crippen LogP contribution in [0.3, 0.4) is 0 Å². The van der Waals surface area contributed by atoms with Gasteiger partial charge in [-0.2, -0.15) is 0 Å². The summed E-state index contributed by atoms with van der Waals surface area (Å²) in [5.74, 6) is -0.0345. The molecule has 0 saturated carbocycles. The van der Waals surface area contributed by atoms with Crippen LogP contribution in [-0.2, 0) is 4.74 Å². The summed E-state index contributed by atoms with van der Waals surface area (Å²) in [6, 6.07) is 14.1. The van der Waals surface area contributed by atoms with Crippen LogP contribution in [-0.4, -0.2) is 12.6 Å². The number of carbonyl (C=O) groups is 1. The monoisotopic (exact) mass is 310 g/mol. The Labute approximate surface area is 132 Å². The number of benzene rings is 1. The second-order valence-electron chi connectivity index (χ2n) is 4.75. The van der Waals surface area contributed by atoms with E-state index in [0.717, 1.165) is 5.56 Å². The van der Waals surface area contributed by atoms with Gasteiger partial charge in [0, 0.05) is 5.56 Å². The van der Waals surface area contributed by atoms with Crippen LogP contribution in [0.25, 0.3) is 22.6 Å². The van der Waals surface area contributed by atoms with Crippen molar-refractivity contribution in [3.05, 3.63) is 70.8 Å². The quantitative estimate of drug-likeness (QED) is 0.686. The van der Waals surface area contributed by atoms with Gasteiger partial charge in [-0.3, -0.25) is 0 Å². The summed E-state index contributed by atoms with van der Waals surface area (Å²) in [5, 5.41) is 0. The lowest BCUT2D eigenvalue weighted by atomic mass is 10.0. The molecule has 0 fully saturated rings. The number of hydrogen-bond donors (Lipinski definition) is 0. The van der Waals surface area contributed by atoms with E-state index in [-0.39, 0.29) is 17.9 Å². The minimum absolute atomic E-state index is 0.117. The molecule has 0 atom stereocenters. The van der Waals surface area contributed by atoms with Gasteiger partial charge in [0.2, 0.25) is 0 Å². The van der Waals surface area contributed by atoms with Crippen molar-refractivity contribution in [2.45, 2.75) is 6.92 Å². The Morgan fingerprint density at radius 3 is 2.52 bits per heavy atom. The number of hydrogen-bond acceptors (Lipinski definition) is 5. The third kappa shape index (κ3) is 2.94. The molecule has 0 radical (unpaired) electrons. The van der Waals surface area contributed by atoms with Gasteiger partial charge in [0.05, 0.1) is 12.9 Å². The van der Waals surface area contributed by atoms with Gasteiger partial charge in [-0.05, 0) is 30.7 Å². The SMILES string of the molecule is CCOC(=O)c1c(-c2ccccc2)cc(-c2ccco2)oc1=O. The zero-order valence-electron chi connectivity index (χ0n) is 12.4. The van der Waals surface area contributed by atoms with Crippen molar-refractivity contribution >= 4 is 5.97 Å². The Kier molecular flexibility index (Phi) is 4.10. The summed E-state index contributed by atoms with van der Waals surface area (Å²) in [6.45, 7) is 1.85. The molecule has 0 aliphatic heterocycles. The smallest absolute Gasteiger partial charge is 0.351 e. The fourth-order valence-corrected chi connectivity index (χ4v) is 2.28. The molecule has 0 N–H and O–H groups in total. The molecular formula is C18H14O5. The first-order valence-electron chi connectivity index (χ1n) is 7.15. The fraction of sp³-hybridized carbons (Fsp3) is 0.111. The number of ether oxygens (including phenoxy) is 1. The molecule has 0 aliphatic carbocycles. The Bertz CT molecular complexity index is 860. The van der Waals surface area contributed by atoms with E-state index < -0.39 is 11.6 Å². The average molecular weight is 310 g/mol. The molecule has 5 heteroatoms. The van der Waals surface area contributed by atoms with E-state index in [4.69, 9.17) is 13.6 Å². The molecule has 116 valence electrons. The van der Waals surface area contributed by atoms with Crippen molar-refractivity contribution in [2.24, 2.45) is 0 Å². The average Bonchev–Trinajstić information content (AvgIpc) is 3.09. The molecule has 1 aromatic carbocycles. The van der Waals surface area contributed by atoms with Crippen molar-refractivity contribution in [1.82, 2.24) is 0 Å². The number of esters is 1. The van der Waals surface area contributed by atoms with Gasteiger partial charge in [-0.15, -0.1) is 0 Å². The highest BCUT2D eigenvalue weighted by Crippen LogP contribution is 2.28. The lowest BCUT2D eigenvalue weighted by Gasteiger charge is -2.09. The maximum Gasteiger partial charge on any atom is 0.351 e. The third-order valence-electron chi connectivity index (χ3n) is 3.28. The minimum Gasteiger partial charge on any atom is -0.462 e. The van der Waals surface area contributed by atoms with E-state index >= 15 is 0 Å². The molecule has 0 unspecified atom stereocenters. The molecular weight excluding hydrogens is 296 g/mol.